The van der Waals surface area contributed by atoms with Crippen LogP contribution in [-0.4, -0.2) is 35.4 Å². The fraction of sp³-hybridized carbons (Fsp3) is 0.692. The van der Waals surface area contributed by atoms with Crippen molar-refractivity contribution in [3.8, 4) is 0 Å². The second kappa shape index (κ2) is 6.23. The summed E-state index contributed by atoms with van der Waals surface area (Å²) in [5.74, 6) is 0.352. The van der Waals surface area contributed by atoms with Crippen molar-refractivity contribution in [2.24, 2.45) is 0 Å². The summed E-state index contributed by atoms with van der Waals surface area (Å²) in [7, 11) is 1.87. The zero-order valence-electron chi connectivity index (χ0n) is 11.6. The first-order valence-electron chi connectivity index (χ1n) is 6.90. The molecule has 0 aliphatic heterocycles. The number of nitrogens with zero attached hydrogens (tertiary/aromatic N) is 2. The Labute approximate surface area is 118 Å². The molecule has 1 aromatic rings. The third-order valence-corrected chi connectivity index (χ3v) is 4.58. The standard InChI is InChI=1S/C13H22N4OS/c1-3-8-15-13-16-11(14)10(19-13)12(18)17(2)9-6-4-5-7-9/h9H,3-8,14H2,1-2H3,(H,15,16). The lowest BCUT2D eigenvalue weighted by Crippen LogP contribution is -2.35. The average molecular weight is 282 g/mol. The molecule has 1 fully saturated rings. The number of thiazole rings is 1. The van der Waals surface area contributed by atoms with E-state index in [4.69, 9.17) is 5.73 Å². The molecule has 1 aliphatic carbocycles. The van der Waals surface area contributed by atoms with Gasteiger partial charge in [0.25, 0.3) is 5.91 Å². The van der Waals surface area contributed by atoms with Gasteiger partial charge in [-0.15, -0.1) is 0 Å². The SMILES string of the molecule is CCCNc1nc(N)c(C(=O)N(C)C2CCCC2)s1. The Bertz CT molecular complexity index is 440. The number of nitrogen functional groups attached to an aromatic ring is 1. The van der Waals surface area contributed by atoms with E-state index in [0.717, 1.165) is 30.9 Å². The summed E-state index contributed by atoms with van der Waals surface area (Å²) in [6.45, 7) is 2.93. The Hall–Kier alpha value is -1.30. The molecule has 0 saturated heterocycles. The van der Waals surface area contributed by atoms with Crippen LogP contribution in [0.2, 0.25) is 0 Å². The zero-order valence-corrected chi connectivity index (χ0v) is 12.4. The highest BCUT2D eigenvalue weighted by Gasteiger charge is 2.27. The van der Waals surface area contributed by atoms with E-state index in [1.54, 1.807) is 0 Å². The predicted octanol–water partition coefficient (Wildman–Crippen LogP) is 2.56. The Balaban J connectivity index is 2.07. The highest BCUT2D eigenvalue weighted by atomic mass is 32.1. The van der Waals surface area contributed by atoms with E-state index in [1.165, 1.54) is 24.2 Å². The van der Waals surface area contributed by atoms with Crippen molar-refractivity contribution < 1.29 is 4.79 Å². The van der Waals surface area contributed by atoms with Crippen LogP contribution in [0.3, 0.4) is 0 Å². The van der Waals surface area contributed by atoms with Crippen LogP contribution in [0.4, 0.5) is 10.9 Å². The molecule has 106 valence electrons. The number of carbonyl (C=O) groups excluding carboxylic acids is 1. The number of rotatable bonds is 5. The van der Waals surface area contributed by atoms with Gasteiger partial charge in [0.05, 0.1) is 0 Å². The minimum atomic E-state index is 0.00597. The first-order chi connectivity index (χ1) is 9.13. The van der Waals surface area contributed by atoms with Crippen molar-refractivity contribution in [1.82, 2.24) is 9.88 Å². The minimum Gasteiger partial charge on any atom is -0.382 e. The van der Waals surface area contributed by atoms with Gasteiger partial charge in [0.1, 0.15) is 10.7 Å². The number of hydrogen-bond donors (Lipinski definition) is 2. The molecule has 1 heterocycles. The van der Waals surface area contributed by atoms with E-state index in [0.29, 0.717) is 16.7 Å². The molecule has 5 nitrogen and oxygen atoms in total. The maximum Gasteiger partial charge on any atom is 0.267 e. The molecule has 1 aromatic heterocycles. The van der Waals surface area contributed by atoms with Crippen molar-refractivity contribution in [2.75, 3.05) is 24.6 Å². The molecule has 0 aromatic carbocycles. The van der Waals surface area contributed by atoms with E-state index in [2.05, 4.69) is 17.2 Å². The molecule has 3 N–H and O–H groups in total. The number of carbonyl (C=O) groups is 1. The Kier molecular flexibility index (Phi) is 4.63. The molecule has 19 heavy (non-hydrogen) atoms. The molecule has 6 heteroatoms. The summed E-state index contributed by atoms with van der Waals surface area (Å²) in [6.07, 6.45) is 5.64. The van der Waals surface area contributed by atoms with Gasteiger partial charge in [-0.3, -0.25) is 4.79 Å². The fourth-order valence-corrected chi connectivity index (χ4v) is 3.30. The van der Waals surface area contributed by atoms with Crippen LogP contribution in [0.5, 0.6) is 0 Å². The summed E-state index contributed by atoms with van der Waals surface area (Å²) < 4.78 is 0. The van der Waals surface area contributed by atoms with Crippen LogP contribution >= 0.6 is 11.3 Å². The molecule has 0 radical (unpaired) electrons. The lowest BCUT2D eigenvalue weighted by Gasteiger charge is -2.23. The number of nitrogens with two attached hydrogens (primary N) is 1. The van der Waals surface area contributed by atoms with Gasteiger partial charge >= 0.3 is 0 Å². The third kappa shape index (κ3) is 3.18. The molecule has 1 amide bonds. The highest BCUT2D eigenvalue weighted by Crippen LogP contribution is 2.29. The number of nitrogens with one attached hydrogen (secondary N) is 1. The van der Waals surface area contributed by atoms with Crippen LogP contribution < -0.4 is 11.1 Å². The van der Waals surface area contributed by atoms with Crippen molar-refractivity contribution in [2.45, 2.75) is 45.1 Å². The second-order valence-corrected chi connectivity index (χ2v) is 6.01. The maximum absolute atomic E-state index is 12.4. The molecule has 0 bridgehead atoms. The molecule has 2 rings (SSSR count). The largest absolute Gasteiger partial charge is 0.382 e. The summed E-state index contributed by atoms with van der Waals surface area (Å²) in [4.78, 5) is 19.0. The van der Waals surface area contributed by atoms with Gasteiger partial charge in [-0.2, -0.15) is 0 Å². The van der Waals surface area contributed by atoms with Gasteiger partial charge in [0.2, 0.25) is 0 Å². The van der Waals surface area contributed by atoms with Gasteiger partial charge in [-0.05, 0) is 19.3 Å². The van der Waals surface area contributed by atoms with Gasteiger partial charge in [0.15, 0.2) is 5.13 Å². The predicted molar refractivity (Wildman–Crippen MR) is 79.7 cm³/mol. The van der Waals surface area contributed by atoms with Crippen LogP contribution in [0.25, 0.3) is 0 Å². The quantitative estimate of drug-likeness (QED) is 0.870. The first-order valence-corrected chi connectivity index (χ1v) is 7.72. The minimum absolute atomic E-state index is 0.00597. The number of aromatic nitrogens is 1. The monoisotopic (exact) mass is 282 g/mol. The number of amides is 1. The Morgan fingerprint density at radius 1 is 1.53 bits per heavy atom. The topological polar surface area (TPSA) is 71.2 Å². The Morgan fingerprint density at radius 2 is 2.21 bits per heavy atom. The lowest BCUT2D eigenvalue weighted by atomic mass is 10.2. The van der Waals surface area contributed by atoms with Crippen molar-refractivity contribution >= 4 is 28.2 Å². The van der Waals surface area contributed by atoms with Gasteiger partial charge in [0, 0.05) is 19.6 Å². The summed E-state index contributed by atoms with van der Waals surface area (Å²) in [5.41, 5.74) is 5.86. The second-order valence-electron chi connectivity index (χ2n) is 5.01. The van der Waals surface area contributed by atoms with E-state index in [-0.39, 0.29) is 5.91 Å². The normalized spacial score (nSPS) is 15.7. The molecule has 0 unspecified atom stereocenters. The smallest absolute Gasteiger partial charge is 0.267 e. The van der Waals surface area contributed by atoms with E-state index in [9.17, 15) is 4.79 Å². The first kappa shape index (κ1) is 14.1. The van der Waals surface area contributed by atoms with Crippen LogP contribution in [0.1, 0.15) is 48.7 Å². The summed E-state index contributed by atoms with van der Waals surface area (Å²) >= 11 is 1.36. The van der Waals surface area contributed by atoms with Gasteiger partial charge in [-0.25, -0.2) is 4.98 Å². The van der Waals surface area contributed by atoms with Gasteiger partial charge in [-0.1, -0.05) is 31.1 Å². The molecule has 0 spiro atoms. The van der Waals surface area contributed by atoms with Crippen molar-refractivity contribution in [1.29, 1.82) is 0 Å². The van der Waals surface area contributed by atoms with Crippen molar-refractivity contribution in [3.05, 3.63) is 4.88 Å². The van der Waals surface area contributed by atoms with E-state index >= 15 is 0 Å². The van der Waals surface area contributed by atoms with E-state index in [1.807, 2.05) is 11.9 Å². The fourth-order valence-electron chi connectivity index (χ4n) is 2.41. The summed E-state index contributed by atoms with van der Waals surface area (Å²) in [5, 5.41) is 3.91. The Morgan fingerprint density at radius 3 is 2.84 bits per heavy atom. The summed E-state index contributed by atoms with van der Waals surface area (Å²) in [6, 6.07) is 0.362. The van der Waals surface area contributed by atoms with Crippen LogP contribution in [0.15, 0.2) is 0 Å². The lowest BCUT2D eigenvalue weighted by molar-refractivity contribution is 0.0741. The van der Waals surface area contributed by atoms with E-state index < -0.39 is 0 Å². The van der Waals surface area contributed by atoms with Crippen LogP contribution in [0, 0.1) is 0 Å². The third-order valence-electron chi connectivity index (χ3n) is 3.57. The van der Waals surface area contributed by atoms with Gasteiger partial charge < -0.3 is 16.0 Å². The molecule has 1 aliphatic rings. The molecular formula is C13H22N4OS. The molecule has 0 atom stereocenters. The van der Waals surface area contributed by atoms with Crippen LogP contribution in [-0.2, 0) is 0 Å². The molecule has 1 saturated carbocycles. The zero-order chi connectivity index (χ0) is 13.8. The number of hydrogen-bond acceptors (Lipinski definition) is 5. The number of anilines is 2. The highest BCUT2D eigenvalue weighted by molar-refractivity contribution is 7.18. The van der Waals surface area contributed by atoms with Crippen molar-refractivity contribution in [3.63, 3.8) is 0 Å². The molecular weight excluding hydrogens is 260 g/mol. The average Bonchev–Trinajstić information content (AvgIpc) is 3.04. The maximum atomic E-state index is 12.4.